The van der Waals surface area contributed by atoms with Gasteiger partial charge in [0.15, 0.2) is 5.84 Å². The van der Waals surface area contributed by atoms with Crippen molar-refractivity contribution < 1.29 is 23.1 Å². The van der Waals surface area contributed by atoms with Gasteiger partial charge in [-0.15, -0.1) is 0 Å². The summed E-state index contributed by atoms with van der Waals surface area (Å²) in [6.45, 7) is 10.3. The van der Waals surface area contributed by atoms with Crippen LogP contribution in [0, 0.1) is 17.0 Å². The number of benzene rings is 1. The van der Waals surface area contributed by atoms with Gasteiger partial charge in [0.05, 0.1) is 5.56 Å². The second-order valence-corrected chi connectivity index (χ2v) is 8.04. The Labute approximate surface area is 157 Å². The van der Waals surface area contributed by atoms with Crippen molar-refractivity contribution in [3.63, 3.8) is 0 Å². The Morgan fingerprint density at radius 2 is 1.74 bits per heavy atom. The normalized spacial score (nSPS) is 13.7. The Bertz CT molecular complexity index is 737. The van der Waals surface area contributed by atoms with E-state index in [9.17, 15) is 18.4 Å². The standard InChI is InChI=1S/C18H26F2N4O3/c1-17(2,3)13(22-16(26)27-18(4,5)6)15(25)24-23-14(21)11-9-10(19)7-8-12(11)20/h7-9,13H,1-6H3,(H2,21,23)(H,22,26)(H,24,25). The largest absolute Gasteiger partial charge is 0.444 e. The van der Waals surface area contributed by atoms with Crippen LogP contribution in [0.5, 0.6) is 0 Å². The highest BCUT2D eigenvalue weighted by Gasteiger charge is 2.34. The van der Waals surface area contributed by atoms with Crippen LogP contribution in [0.4, 0.5) is 13.6 Å². The second-order valence-electron chi connectivity index (χ2n) is 8.04. The average molecular weight is 384 g/mol. The van der Waals surface area contributed by atoms with Gasteiger partial charge < -0.3 is 15.8 Å². The fourth-order valence-corrected chi connectivity index (χ4v) is 2.03. The lowest BCUT2D eigenvalue weighted by atomic mass is 9.86. The number of ether oxygens (including phenoxy) is 1. The fourth-order valence-electron chi connectivity index (χ4n) is 2.03. The van der Waals surface area contributed by atoms with Gasteiger partial charge in [-0.05, 0) is 44.4 Å². The molecule has 0 spiro atoms. The highest BCUT2D eigenvalue weighted by atomic mass is 19.1. The van der Waals surface area contributed by atoms with Gasteiger partial charge in [0.2, 0.25) is 0 Å². The molecule has 0 bridgehead atoms. The van der Waals surface area contributed by atoms with Crippen molar-refractivity contribution >= 4 is 17.8 Å². The maximum Gasteiger partial charge on any atom is 0.408 e. The van der Waals surface area contributed by atoms with E-state index < -0.39 is 46.5 Å². The third kappa shape index (κ3) is 7.20. The summed E-state index contributed by atoms with van der Waals surface area (Å²) < 4.78 is 32.1. The molecular weight excluding hydrogens is 358 g/mol. The van der Waals surface area contributed by atoms with Crippen molar-refractivity contribution in [3.05, 3.63) is 35.4 Å². The minimum Gasteiger partial charge on any atom is -0.444 e. The maximum atomic E-state index is 13.7. The molecule has 0 aliphatic rings. The number of nitrogens with zero attached hydrogens (tertiary/aromatic N) is 1. The first-order chi connectivity index (χ1) is 12.2. The molecule has 0 fully saturated rings. The van der Waals surface area contributed by atoms with Crippen LogP contribution < -0.4 is 16.5 Å². The van der Waals surface area contributed by atoms with Crippen molar-refractivity contribution in [2.24, 2.45) is 16.3 Å². The lowest BCUT2D eigenvalue weighted by Crippen LogP contribution is -2.53. The maximum absolute atomic E-state index is 13.7. The smallest absolute Gasteiger partial charge is 0.408 e. The van der Waals surface area contributed by atoms with Crippen LogP contribution >= 0.6 is 0 Å². The Morgan fingerprint density at radius 1 is 1.15 bits per heavy atom. The van der Waals surface area contributed by atoms with E-state index in [1.807, 2.05) is 0 Å². The molecule has 4 N–H and O–H groups in total. The van der Waals surface area contributed by atoms with E-state index in [0.717, 1.165) is 18.2 Å². The summed E-state index contributed by atoms with van der Waals surface area (Å²) in [6.07, 6.45) is -0.772. The predicted octanol–water partition coefficient (Wildman–Crippen LogP) is 2.64. The first-order valence-electron chi connectivity index (χ1n) is 8.28. The van der Waals surface area contributed by atoms with E-state index >= 15 is 0 Å². The average Bonchev–Trinajstić information content (AvgIpc) is 2.49. The Hall–Kier alpha value is -2.71. The number of alkyl carbamates (subject to hydrolysis) is 1. The van der Waals surface area contributed by atoms with Crippen LogP contribution in [0.2, 0.25) is 0 Å². The van der Waals surface area contributed by atoms with Crippen LogP contribution in [0.15, 0.2) is 23.3 Å². The molecule has 0 aliphatic carbocycles. The number of halogens is 2. The molecule has 1 atom stereocenters. The molecule has 2 amide bonds. The van der Waals surface area contributed by atoms with Gasteiger partial charge in [-0.25, -0.2) is 19.0 Å². The number of nitrogens with two attached hydrogens (primary N) is 1. The number of rotatable bonds is 4. The van der Waals surface area contributed by atoms with Crippen molar-refractivity contribution in [1.29, 1.82) is 0 Å². The lowest BCUT2D eigenvalue weighted by molar-refractivity contribution is -0.125. The molecule has 0 heterocycles. The van der Waals surface area contributed by atoms with Gasteiger partial charge >= 0.3 is 6.09 Å². The van der Waals surface area contributed by atoms with Crippen molar-refractivity contribution in [2.45, 2.75) is 53.2 Å². The SMILES string of the molecule is CC(C)(C)OC(=O)NC(C(=O)NN=C(N)c1cc(F)ccc1F)C(C)(C)C. The number of amides is 2. The molecule has 1 aromatic rings. The summed E-state index contributed by atoms with van der Waals surface area (Å²) in [5.41, 5.74) is 6.08. The minimum absolute atomic E-state index is 0.289. The van der Waals surface area contributed by atoms with Crippen molar-refractivity contribution in [1.82, 2.24) is 10.7 Å². The van der Waals surface area contributed by atoms with Crippen molar-refractivity contribution in [2.75, 3.05) is 0 Å². The molecular formula is C18H26F2N4O3. The van der Waals surface area contributed by atoms with Crippen LogP contribution in [0.25, 0.3) is 0 Å². The molecule has 1 aromatic carbocycles. The number of amidine groups is 1. The van der Waals surface area contributed by atoms with Gasteiger partial charge in [-0.2, -0.15) is 5.10 Å². The third-order valence-corrected chi connectivity index (χ3v) is 3.28. The summed E-state index contributed by atoms with van der Waals surface area (Å²) in [6, 6.07) is 1.68. The molecule has 0 saturated heterocycles. The monoisotopic (exact) mass is 384 g/mol. The first-order valence-corrected chi connectivity index (χ1v) is 8.28. The van der Waals surface area contributed by atoms with Gasteiger partial charge in [0.25, 0.3) is 5.91 Å². The molecule has 0 aliphatic heterocycles. The summed E-state index contributed by atoms with van der Waals surface area (Å²) >= 11 is 0. The van der Waals surface area contributed by atoms with Gasteiger partial charge in [-0.3, -0.25) is 4.79 Å². The summed E-state index contributed by atoms with van der Waals surface area (Å²) in [5.74, 6) is -2.58. The second kappa shape index (κ2) is 8.32. The molecule has 0 aromatic heterocycles. The van der Waals surface area contributed by atoms with Gasteiger partial charge in [0, 0.05) is 0 Å². The zero-order valence-electron chi connectivity index (χ0n) is 16.3. The van der Waals surface area contributed by atoms with Crippen LogP contribution in [0.1, 0.15) is 47.1 Å². The molecule has 9 heteroatoms. The van der Waals surface area contributed by atoms with Crippen LogP contribution in [0.3, 0.4) is 0 Å². The molecule has 0 radical (unpaired) electrons. The molecule has 1 rings (SSSR count). The Balaban J connectivity index is 2.94. The Morgan fingerprint density at radius 3 is 2.26 bits per heavy atom. The minimum atomic E-state index is -1.01. The predicted molar refractivity (Wildman–Crippen MR) is 97.8 cm³/mol. The highest BCUT2D eigenvalue weighted by Crippen LogP contribution is 2.20. The van der Waals surface area contributed by atoms with Gasteiger partial charge in [0.1, 0.15) is 23.3 Å². The zero-order chi connectivity index (χ0) is 21.0. The van der Waals surface area contributed by atoms with E-state index in [1.54, 1.807) is 41.5 Å². The molecule has 27 heavy (non-hydrogen) atoms. The highest BCUT2D eigenvalue weighted by molar-refractivity contribution is 5.98. The quantitative estimate of drug-likeness (QED) is 0.421. The molecule has 0 saturated carbocycles. The number of hydrogen-bond donors (Lipinski definition) is 3. The summed E-state index contributed by atoms with van der Waals surface area (Å²) in [4.78, 5) is 24.5. The number of carbonyl (C=O) groups is 2. The van der Waals surface area contributed by atoms with E-state index in [-0.39, 0.29) is 5.56 Å². The number of hydrogen-bond acceptors (Lipinski definition) is 4. The first kappa shape index (κ1) is 22.3. The summed E-state index contributed by atoms with van der Waals surface area (Å²) in [7, 11) is 0. The van der Waals surface area contributed by atoms with E-state index in [2.05, 4.69) is 15.8 Å². The van der Waals surface area contributed by atoms with Gasteiger partial charge in [-0.1, -0.05) is 20.8 Å². The summed E-state index contributed by atoms with van der Waals surface area (Å²) in [5, 5.41) is 6.09. The van der Waals surface area contributed by atoms with Crippen LogP contribution in [-0.2, 0) is 9.53 Å². The molecule has 7 nitrogen and oxygen atoms in total. The van der Waals surface area contributed by atoms with E-state index in [1.165, 1.54) is 0 Å². The number of hydrazone groups is 1. The van der Waals surface area contributed by atoms with E-state index in [4.69, 9.17) is 10.5 Å². The lowest BCUT2D eigenvalue weighted by Gasteiger charge is -2.30. The topological polar surface area (TPSA) is 106 Å². The number of carbonyl (C=O) groups excluding carboxylic acids is 2. The number of nitrogens with one attached hydrogen (secondary N) is 2. The zero-order valence-corrected chi connectivity index (χ0v) is 16.3. The van der Waals surface area contributed by atoms with Crippen LogP contribution in [-0.4, -0.2) is 29.5 Å². The van der Waals surface area contributed by atoms with Crippen molar-refractivity contribution in [3.8, 4) is 0 Å². The third-order valence-electron chi connectivity index (χ3n) is 3.28. The molecule has 150 valence electrons. The van der Waals surface area contributed by atoms with E-state index in [0.29, 0.717) is 0 Å². The Kier molecular flexibility index (Phi) is 6.88. The fraction of sp³-hybridized carbons (Fsp3) is 0.500. The molecule has 1 unspecified atom stereocenters.